The molecule has 4 aromatic rings. The molecular formula is C47H64F6N12O8S4. The molecule has 0 amide bonds. The van der Waals surface area contributed by atoms with E-state index in [9.17, 15) is 52.8 Å². The van der Waals surface area contributed by atoms with Crippen LogP contribution in [0, 0.1) is 0 Å². The quantitative estimate of drug-likeness (QED) is 0.0271. The topological polar surface area (TPSA) is 252 Å². The summed E-state index contributed by atoms with van der Waals surface area (Å²) in [4.78, 5) is 28.4. The summed E-state index contributed by atoms with van der Waals surface area (Å²) in [6, 6.07) is 6.38. The van der Waals surface area contributed by atoms with Crippen LogP contribution < -0.4 is 19.2 Å². The van der Waals surface area contributed by atoms with Gasteiger partial charge >= 0.3 is 33.6 Å². The van der Waals surface area contributed by atoms with Crippen molar-refractivity contribution in [3.8, 4) is 0 Å². The minimum absolute atomic E-state index is 0.00840. The van der Waals surface area contributed by atoms with Crippen LogP contribution in [0.5, 0.6) is 0 Å². The van der Waals surface area contributed by atoms with Gasteiger partial charge in [-0.1, -0.05) is 88.9 Å². The van der Waals surface area contributed by atoms with Crippen molar-refractivity contribution in [1.82, 2.24) is 20.4 Å². The van der Waals surface area contributed by atoms with Crippen LogP contribution in [0.25, 0.3) is 0 Å². The number of nitrogens with one attached hydrogen (secondary N) is 2. The van der Waals surface area contributed by atoms with Crippen LogP contribution in [0.4, 0.5) is 70.7 Å². The minimum Gasteiger partial charge on any atom is -0.460 e. The summed E-state index contributed by atoms with van der Waals surface area (Å²) in [6.07, 6.45) is 7.06. The van der Waals surface area contributed by atoms with Crippen LogP contribution in [0.2, 0.25) is 0 Å². The highest BCUT2D eigenvalue weighted by atomic mass is 32.2. The molecule has 0 bridgehead atoms. The summed E-state index contributed by atoms with van der Waals surface area (Å²) >= 11 is 1.63. The van der Waals surface area contributed by atoms with E-state index in [1.165, 1.54) is 18.2 Å². The zero-order chi connectivity index (χ0) is 56.6. The monoisotopic (exact) mass is 1170 g/mol. The highest BCUT2D eigenvalue weighted by Crippen LogP contribution is 2.43. The molecule has 2 N–H and O–H groups in total. The van der Waals surface area contributed by atoms with E-state index >= 15 is 0 Å². The zero-order valence-corrected chi connectivity index (χ0v) is 46.8. The van der Waals surface area contributed by atoms with E-state index in [-0.39, 0.29) is 68.3 Å². The number of halogens is 6. The van der Waals surface area contributed by atoms with Crippen molar-refractivity contribution in [2.45, 2.75) is 155 Å². The van der Waals surface area contributed by atoms with Crippen molar-refractivity contribution in [3.63, 3.8) is 0 Å². The number of aryl methyl sites for hydroxylation is 2. The molecule has 2 aromatic carbocycles. The highest BCUT2D eigenvalue weighted by molar-refractivity contribution is 7.93. The number of hydrogen-bond donors (Lipinski definition) is 2. The fourth-order valence-corrected chi connectivity index (χ4v) is 10.7. The maximum atomic E-state index is 13.2. The minimum atomic E-state index is -5.71. The van der Waals surface area contributed by atoms with Crippen molar-refractivity contribution in [1.29, 1.82) is 0 Å². The molecule has 30 heteroatoms. The molecule has 0 radical (unpaired) electrons. The van der Waals surface area contributed by atoms with E-state index < -0.39 is 49.4 Å². The van der Waals surface area contributed by atoms with Crippen molar-refractivity contribution < 1.29 is 62.2 Å². The van der Waals surface area contributed by atoms with Gasteiger partial charge in [0.05, 0.1) is 24.6 Å². The summed E-state index contributed by atoms with van der Waals surface area (Å²) in [6.45, 7) is 14.1. The molecule has 2 aromatic heterocycles. The van der Waals surface area contributed by atoms with Crippen LogP contribution in [0.1, 0.15) is 149 Å². The zero-order valence-electron chi connectivity index (χ0n) is 43.5. The summed E-state index contributed by atoms with van der Waals surface area (Å²) in [5.41, 5.74) is -2.96. The maximum Gasteiger partial charge on any atom is 0.516 e. The second-order valence-corrected chi connectivity index (χ2v) is 23.6. The molecule has 2 aliphatic heterocycles. The van der Waals surface area contributed by atoms with Gasteiger partial charge in [-0.3, -0.25) is 9.44 Å². The van der Waals surface area contributed by atoms with Gasteiger partial charge in [-0.05, 0) is 101 Å². The average molecular weight is 1170 g/mol. The van der Waals surface area contributed by atoms with E-state index in [1.807, 2.05) is 25.5 Å². The Morgan fingerprint density at radius 2 is 1.04 bits per heavy atom. The Morgan fingerprint density at radius 1 is 0.623 bits per heavy atom. The van der Waals surface area contributed by atoms with Gasteiger partial charge in [0.25, 0.3) is 10.3 Å². The van der Waals surface area contributed by atoms with Crippen molar-refractivity contribution >= 4 is 99.0 Å². The Bertz CT molecular complexity index is 2900. The summed E-state index contributed by atoms with van der Waals surface area (Å²) in [5.74, 6) is -3.35. The number of rotatable bonds is 25. The van der Waals surface area contributed by atoms with Crippen LogP contribution in [-0.4, -0.2) is 105 Å². The number of alkyl halides is 6. The Morgan fingerprint density at radius 3 is 1.43 bits per heavy atom. The SMILES string of the molecule is CCCCCN1c2cc(NS(=O)(=O)C(F)(F)F)c(N=Nc3nnc(C(=O)OCCCC)s3)cc2CCC1C.CCCCCN1c2cc(NS(=O)(=O)CC(F)(F)F)c(N=Nc3nnc(C(=O)OCCCC)s3)cc2CCC1C. The summed E-state index contributed by atoms with van der Waals surface area (Å²) in [7, 11) is -10.5. The Kier molecular flexibility index (Phi) is 22.9. The van der Waals surface area contributed by atoms with Gasteiger partial charge in [-0.2, -0.15) is 34.8 Å². The fraction of sp³-hybridized carbons (Fsp3) is 0.617. The molecule has 2 unspecified atom stereocenters. The number of aromatic nitrogens is 4. The number of esters is 2. The second kappa shape index (κ2) is 28.3. The number of nitrogens with zero attached hydrogens (tertiary/aromatic N) is 10. The molecule has 77 heavy (non-hydrogen) atoms. The molecule has 0 fully saturated rings. The van der Waals surface area contributed by atoms with Gasteiger partial charge < -0.3 is 19.3 Å². The van der Waals surface area contributed by atoms with Crippen LogP contribution in [-0.2, 0) is 42.4 Å². The third-order valence-electron chi connectivity index (χ3n) is 12.0. The van der Waals surface area contributed by atoms with Gasteiger partial charge in [0.1, 0.15) is 11.4 Å². The van der Waals surface area contributed by atoms with E-state index in [0.29, 0.717) is 37.9 Å². The van der Waals surface area contributed by atoms with Crippen molar-refractivity contribution in [2.24, 2.45) is 20.5 Å². The molecule has 6 rings (SSSR count). The number of carbonyl (C=O) groups excluding carboxylic acids is 2. The largest absolute Gasteiger partial charge is 0.516 e. The van der Waals surface area contributed by atoms with E-state index in [0.717, 1.165) is 110 Å². The number of azo groups is 2. The van der Waals surface area contributed by atoms with E-state index in [1.54, 1.807) is 10.8 Å². The van der Waals surface area contributed by atoms with Crippen molar-refractivity contribution in [3.05, 3.63) is 45.4 Å². The first kappa shape index (κ1) is 62.2. The van der Waals surface area contributed by atoms with Crippen molar-refractivity contribution in [2.75, 3.05) is 51.3 Å². The Labute approximate surface area is 452 Å². The number of ether oxygens (including phenoxy) is 2. The van der Waals surface area contributed by atoms with E-state index in [2.05, 4.69) is 71.4 Å². The molecule has 0 spiro atoms. The number of unbranched alkanes of at least 4 members (excludes halogenated alkanes) is 6. The second-order valence-electron chi connectivity index (χ2n) is 18.3. The molecule has 0 saturated heterocycles. The molecule has 4 heterocycles. The van der Waals surface area contributed by atoms with Gasteiger partial charge in [-0.25, -0.2) is 18.0 Å². The van der Waals surface area contributed by atoms with Crippen LogP contribution >= 0.6 is 22.7 Å². The number of hydrogen-bond acceptors (Lipinski definition) is 20. The number of sulfonamides is 2. The predicted octanol–water partition coefficient (Wildman–Crippen LogP) is 13.0. The molecule has 0 saturated carbocycles. The Balaban J connectivity index is 0.000000284. The third-order valence-corrected chi connectivity index (χ3v) is 16.0. The Hall–Kier alpha value is -5.62. The summed E-state index contributed by atoms with van der Waals surface area (Å²) < 4.78 is 141. The number of fused-ring (bicyclic) bond motifs is 2. The number of benzene rings is 2. The van der Waals surface area contributed by atoms with Gasteiger partial charge in [0.2, 0.25) is 20.0 Å². The fourth-order valence-electron chi connectivity index (χ4n) is 8.00. The summed E-state index contributed by atoms with van der Waals surface area (Å²) in [5, 5.41) is 30.9. The predicted molar refractivity (Wildman–Crippen MR) is 283 cm³/mol. The lowest BCUT2D eigenvalue weighted by molar-refractivity contribution is -0.106. The van der Waals surface area contributed by atoms with Crippen LogP contribution in [0.3, 0.4) is 0 Å². The first-order valence-electron chi connectivity index (χ1n) is 25.3. The first-order valence-corrected chi connectivity index (χ1v) is 30.0. The van der Waals surface area contributed by atoms with Crippen LogP contribution in [0.15, 0.2) is 44.7 Å². The normalized spacial score (nSPS) is 16.0. The molecule has 426 valence electrons. The lowest BCUT2D eigenvalue weighted by atomic mass is 9.95. The standard InChI is InChI=1S/C24H33F3N6O4S2.C23H31F3N6O4S2/c1-4-6-8-11-33-16(3)9-10-17-13-18(19(14-20(17)33)32-39(35,36)15-24(25,26)27)28-30-23-31-29-21(38-23)22(34)37-12-7-5-2;1-4-6-8-11-32-15(3)9-10-16-13-17(18(14-19(16)32)31-38(34,35)23(24,25)26)27-29-22-30-28-20(37-22)21(33)36-12-7-5-2/h13-14,16,32H,4-12,15H2,1-3H3;13-15,31H,4-12H2,1-3H3. The maximum absolute atomic E-state index is 13.2. The number of anilines is 4. The highest BCUT2D eigenvalue weighted by Gasteiger charge is 2.46. The van der Waals surface area contributed by atoms with Gasteiger partial charge in [0.15, 0.2) is 5.75 Å². The van der Waals surface area contributed by atoms with Gasteiger partial charge in [-0.15, -0.1) is 40.9 Å². The lowest BCUT2D eigenvalue weighted by Gasteiger charge is -2.37. The molecular weight excluding hydrogens is 1100 g/mol. The smallest absolute Gasteiger partial charge is 0.460 e. The van der Waals surface area contributed by atoms with Gasteiger partial charge in [0, 0.05) is 36.5 Å². The lowest BCUT2D eigenvalue weighted by Crippen LogP contribution is -2.38. The molecule has 0 aliphatic carbocycles. The first-order chi connectivity index (χ1) is 36.4. The van der Waals surface area contributed by atoms with E-state index in [4.69, 9.17) is 9.47 Å². The third kappa shape index (κ3) is 18.5. The molecule has 2 aliphatic rings. The molecule has 20 nitrogen and oxygen atoms in total. The molecule has 2 atom stereocenters. The average Bonchev–Trinajstić information content (AvgIpc) is 4.05. The number of carbonyl (C=O) groups is 2.